The molecule has 0 fully saturated rings. The molecule has 0 atom stereocenters. The molecule has 0 unspecified atom stereocenters. The summed E-state index contributed by atoms with van der Waals surface area (Å²) < 4.78 is 0. The Bertz CT molecular complexity index is 623. The van der Waals surface area contributed by atoms with Crippen LogP contribution in [0.25, 0.3) is 0 Å². The molecule has 0 spiro atoms. The molecule has 0 aromatic heterocycles. The summed E-state index contributed by atoms with van der Waals surface area (Å²) in [6.07, 6.45) is 0. The fourth-order valence-corrected chi connectivity index (χ4v) is 2.35. The number of aryl methyl sites for hydroxylation is 1. The lowest BCUT2D eigenvalue weighted by molar-refractivity contribution is 0.0988. The summed E-state index contributed by atoms with van der Waals surface area (Å²) in [6, 6.07) is 12.7. The van der Waals surface area contributed by atoms with Crippen LogP contribution in [0.5, 0.6) is 0 Å². The van der Waals surface area contributed by atoms with Crippen LogP contribution in [0.4, 0.5) is 11.4 Å². The number of nitrogens with two attached hydrogens (primary N) is 1. The average molecular weight is 289 g/mol. The average Bonchev–Trinajstić information content (AvgIpc) is 2.41. The van der Waals surface area contributed by atoms with E-state index in [1.165, 1.54) is 0 Å². The molecule has 2 N–H and O–H groups in total. The largest absolute Gasteiger partial charge is 0.399 e. The summed E-state index contributed by atoms with van der Waals surface area (Å²) >= 11 is 6.17. The van der Waals surface area contributed by atoms with Crippen LogP contribution >= 0.6 is 11.6 Å². The van der Waals surface area contributed by atoms with Crippen molar-refractivity contribution in [2.75, 3.05) is 17.2 Å². The van der Waals surface area contributed by atoms with Crippen molar-refractivity contribution in [1.82, 2.24) is 0 Å². The van der Waals surface area contributed by atoms with E-state index in [0.717, 1.165) is 11.3 Å². The summed E-state index contributed by atoms with van der Waals surface area (Å²) in [5.41, 5.74) is 8.69. The van der Waals surface area contributed by atoms with Gasteiger partial charge in [0.25, 0.3) is 5.91 Å². The Morgan fingerprint density at radius 1 is 1.20 bits per heavy atom. The number of hydrogen-bond donors (Lipinski definition) is 1. The highest BCUT2D eigenvalue weighted by Gasteiger charge is 2.18. The number of hydrogen-bond acceptors (Lipinski definition) is 2. The van der Waals surface area contributed by atoms with Gasteiger partial charge in [-0.15, -0.1) is 0 Å². The van der Waals surface area contributed by atoms with Crippen molar-refractivity contribution in [3.05, 3.63) is 58.6 Å². The van der Waals surface area contributed by atoms with Crippen molar-refractivity contribution in [2.24, 2.45) is 0 Å². The van der Waals surface area contributed by atoms with Gasteiger partial charge in [0.1, 0.15) is 0 Å². The minimum Gasteiger partial charge on any atom is -0.399 e. The van der Waals surface area contributed by atoms with Crippen LogP contribution in [-0.4, -0.2) is 12.5 Å². The Morgan fingerprint density at radius 2 is 1.85 bits per heavy atom. The lowest BCUT2D eigenvalue weighted by Gasteiger charge is -2.22. The maximum atomic E-state index is 12.6. The Morgan fingerprint density at radius 3 is 2.40 bits per heavy atom. The maximum absolute atomic E-state index is 12.6. The molecule has 20 heavy (non-hydrogen) atoms. The van der Waals surface area contributed by atoms with Gasteiger partial charge in [0.2, 0.25) is 0 Å². The molecule has 2 aromatic carbocycles. The molecule has 3 nitrogen and oxygen atoms in total. The topological polar surface area (TPSA) is 46.3 Å². The second kappa shape index (κ2) is 5.97. The molecule has 2 rings (SSSR count). The van der Waals surface area contributed by atoms with Crippen molar-refractivity contribution < 1.29 is 4.79 Å². The predicted molar refractivity (Wildman–Crippen MR) is 84.4 cm³/mol. The van der Waals surface area contributed by atoms with E-state index >= 15 is 0 Å². The minimum atomic E-state index is -0.109. The molecule has 0 saturated heterocycles. The first kappa shape index (κ1) is 14.4. The third-order valence-corrected chi connectivity index (χ3v) is 3.43. The SMILES string of the molecule is CCN(C(=O)c1ccc(C)cc1Cl)c1ccc(N)cc1. The third-order valence-electron chi connectivity index (χ3n) is 3.12. The van der Waals surface area contributed by atoms with Gasteiger partial charge in [-0.3, -0.25) is 4.79 Å². The minimum absolute atomic E-state index is 0.109. The second-order valence-corrected chi connectivity index (χ2v) is 5.03. The number of amides is 1. The Balaban J connectivity index is 2.36. The Labute approximate surface area is 124 Å². The number of benzene rings is 2. The van der Waals surface area contributed by atoms with E-state index in [0.29, 0.717) is 22.8 Å². The first-order chi connectivity index (χ1) is 9.52. The van der Waals surface area contributed by atoms with Gasteiger partial charge < -0.3 is 10.6 Å². The van der Waals surface area contributed by atoms with Crippen LogP contribution < -0.4 is 10.6 Å². The van der Waals surface area contributed by atoms with Crippen LogP contribution in [0, 0.1) is 6.92 Å². The molecular formula is C16H17ClN2O. The predicted octanol–water partition coefficient (Wildman–Crippen LogP) is 3.90. The molecule has 1 amide bonds. The molecule has 0 aliphatic carbocycles. The second-order valence-electron chi connectivity index (χ2n) is 4.62. The lowest BCUT2D eigenvalue weighted by atomic mass is 10.1. The van der Waals surface area contributed by atoms with E-state index in [1.807, 2.05) is 32.0 Å². The normalized spacial score (nSPS) is 10.3. The highest BCUT2D eigenvalue weighted by molar-refractivity contribution is 6.34. The summed E-state index contributed by atoms with van der Waals surface area (Å²) in [4.78, 5) is 14.3. The summed E-state index contributed by atoms with van der Waals surface area (Å²) in [5.74, 6) is -0.109. The first-order valence-electron chi connectivity index (χ1n) is 6.46. The smallest absolute Gasteiger partial charge is 0.259 e. The molecular weight excluding hydrogens is 272 g/mol. The maximum Gasteiger partial charge on any atom is 0.259 e. The number of nitrogen functional groups attached to an aromatic ring is 1. The zero-order chi connectivity index (χ0) is 14.7. The Kier molecular flexibility index (Phi) is 4.30. The molecule has 4 heteroatoms. The molecule has 0 saturated carbocycles. The summed E-state index contributed by atoms with van der Waals surface area (Å²) in [7, 11) is 0. The molecule has 0 aliphatic rings. The number of rotatable bonds is 3. The zero-order valence-electron chi connectivity index (χ0n) is 11.6. The van der Waals surface area contributed by atoms with E-state index in [9.17, 15) is 4.79 Å². The van der Waals surface area contributed by atoms with Gasteiger partial charge in [-0.25, -0.2) is 0 Å². The van der Waals surface area contributed by atoms with Gasteiger partial charge in [-0.2, -0.15) is 0 Å². The van der Waals surface area contributed by atoms with Crippen LogP contribution in [0.1, 0.15) is 22.8 Å². The molecule has 0 bridgehead atoms. The lowest BCUT2D eigenvalue weighted by Crippen LogP contribution is -2.30. The number of halogens is 1. The van der Waals surface area contributed by atoms with Crippen molar-refractivity contribution in [1.29, 1.82) is 0 Å². The zero-order valence-corrected chi connectivity index (χ0v) is 12.3. The van der Waals surface area contributed by atoms with Gasteiger partial charge in [0.15, 0.2) is 0 Å². The molecule has 0 radical (unpaired) electrons. The van der Waals surface area contributed by atoms with Gasteiger partial charge in [-0.05, 0) is 55.8 Å². The van der Waals surface area contributed by atoms with Gasteiger partial charge in [-0.1, -0.05) is 17.7 Å². The van der Waals surface area contributed by atoms with Gasteiger partial charge >= 0.3 is 0 Å². The number of nitrogens with zero attached hydrogens (tertiary/aromatic N) is 1. The van der Waals surface area contributed by atoms with Crippen LogP contribution in [0.2, 0.25) is 5.02 Å². The van der Waals surface area contributed by atoms with Crippen molar-refractivity contribution in [3.63, 3.8) is 0 Å². The summed E-state index contributed by atoms with van der Waals surface area (Å²) in [5, 5.41) is 0.476. The van der Waals surface area contributed by atoms with Gasteiger partial charge in [0, 0.05) is 17.9 Å². The van der Waals surface area contributed by atoms with Crippen molar-refractivity contribution in [2.45, 2.75) is 13.8 Å². The molecule has 0 heterocycles. The van der Waals surface area contributed by atoms with Crippen molar-refractivity contribution in [3.8, 4) is 0 Å². The highest BCUT2D eigenvalue weighted by atomic mass is 35.5. The number of carbonyl (C=O) groups is 1. The molecule has 104 valence electrons. The van der Waals surface area contributed by atoms with E-state index in [2.05, 4.69) is 0 Å². The Hall–Kier alpha value is -2.00. The van der Waals surface area contributed by atoms with E-state index < -0.39 is 0 Å². The van der Waals surface area contributed by atoms with Crippen LogP contribution in [0.15, 0.2) is 42.5 Å². The standard InChI is InChI=1S/C16H17ClN2O/c1-3-19(13-7-5-12(18)6-8-13)16(20)14-9-4-11(2)10-15(14)17/h4-10H,3,18H2,1-2H3. The van der Waals surface area contributed by atoms with Crippen molar-refractivity contribution >= 4 is 28.9 Å². The fraction of sp³-hybridized carbons (Fsp3) is 0.188. The van der Waals surface area contributed by atoms with Crippen LogP contribution in [-0.2, 0) is 0 Å². The fourth-order valence-electron chi connectivity index (χ4n) is 2.04. The molecule has 0 aliphatic heterocycles. The van der Waals surface area contributed by atoms with E-state index in [1.54, 1.807) is 29.2 Å². The number of carbonyl (C=O) groups excluding carboxylic acids is 1. The van der Waals surface area contributed by atoms with E-state index in [-0.39, 0.29) is 5.91 Å². The van der Waals surface area contributed by atoms with E-state index in [4.69, 9.17) is 17.3 Å². The van der Waals surface area contributed by atoms with Gasteiger partial charge in [0.05, 0.1) is 10.6 Å². The highest BCUT2D eigenvalue weighted by Crippen LogP contribution is 2.23. The summed E-state index contributed by atoms with van der Waals surface area (Å²) in [6.45, 7) is 4.43. The first-order valence-corrected chi connectivity index (χ1v) is 6.84. The monoisotopic (exact) mass is 288 g/mol. The number of anilines is 2. The quantitative estimate of drug-likeness (QED) is 0.871. The molecule has 2 aromatic rings. The third kappa shape index (κ3) is 2.94. The van der Waals surface area contributed by atoms with Crippen LogP contribution in [0.3, 0.4) is 0 Å².